The molecule has 0 spiro atoms. The highest BCUT2D eigenvalue weighted by molar-refractivity contribution is 8.12. The summed E-state index contributed by atoms with van der Waals surface area (Å²) in [5.41, 5.74) is 3.34. The highest BCUT2D eigenvalue weighted by Gasteiger charge is 2.20. The number of sulfonamides is 1. The van der Waals surface area contributed by atoms with Crippen molar-refractivity contribution in [1.29, 1.82) is 0 Å². The van der Waals surface area contributed by atoms with Gasteiger partial charge in [0.25, 0.3) is 0 Å². The minimum Gasteiger partial charge on any atom is -0.253 e. The molecule has 1 aliphatic rings. The third-order valence-electron chi connectivity index (χ3n) is 2.60. The molecule has 0 aliphatic carbocycles. The van der Waals surface area contributed by atoms with Crippen LogP contribution in [-0.2, 0) is 16.4 Å². The van der Waals surface area contributed by atoms with E-state index < -0.39 is 10.0 Å². The van der Waals surface area contributed by atoms with Gasteiger partial charge in [0.15, 0.2) is 0 Å². The molecular formula is C11H15N3O2S2. The van der Waals surface area contributed by atoms with Gasteiger partial charge in [0.05, 0.1) is 17.1 Å². The lowest BCUT2D eigenvalue weighted by molar-refractivity contribution is 0.597. The summed E-state index contributed by atoms with van der Waals surface area (Å²) in [5.74, 6) is 0.609. The fraction of sp³-hybridized carbons (Fsp3) is 0.364. The molecule has 0 unspecified atom stereocenters. The Morgan fingerprint density at radius 2 is 2.28 bits per heavy atom. The zero-order valence-corrected chi connectivity index (χ0v) is 11.7. The molecule has 0 bridgehead atoms. The number of nitrogens with zero attached hydrogens (tertiary/aromatic N) is 2. The van der Waals surface area contributed by atoms with Gasteiger partial charge < -0.3 is 0 Å². The topological polar surface area (TPSA) is 75.8 Å². The zero-order valence-electron chi connectivity index (χ0n) is 10.0. The highest BCUT2D eigenvalue weighted by Crippen LogP contribution is 2.29. The number of nitrogens with two attached hydrogens (primary N) is 1. The number of thioether (sulfide) groups is 1. The minimum atomic E-state index is -3.73. The Morgan fingerprint density at radius 1 is 1.50 bits per heavy atom. The first-order valence-electron chi connectivity index (χ1n) is 5.59. The molecular weight excluding hydrogens is 270 g/mol. The average Bonchev–Trinajstić information content (AvgIpc) is 2.81. The zero-order chi connectivity index (χ0) is 13.2. The van der Waals surface area contributed by atoms with Crippen LogP contribution in [0.1, 0.15) is 18.9 Å². The summed E-state index contributed by atoms with van der Waals surface area (Å²) in [6.45, 7) is 2.08. The fourth-order valence-electron chi connectivity index (χ4n) is 1.81. The third kappa shape index (κ3) is 2.85. The summed E-state index contributed by atoms with van der Waals surface area (Å²) in [6.07, 6.45) is 1.91. The molecule has 0 saturated carbocycles. The first-order chi connectivity index (χ1) is 8.52. The molecule has 0 saturated heterocycles. The molecule has 5 nitrogen and oxygen atoms in total. The lowest BCUT2D eigenvalue weighted by Gasteiger charge is -2.17. The number of benzene rings is 1. The Labute approximate surface area is 111 Å². The summed E-state index contributed by atoms with van der Waals surface area (Å²) in [5, 5.41) is 11.0. The van der Waals surface area contributed by atoms with Crippen LogP contribution in [-0.4, -0.2) is 19.8 Å². The van der Waals surface area contributed by atoms with Crippen molar-refractivity contribution in [3.05, 3.63) is 23.8 Å². The van der Waals surface area contributed by atoms with Gasteiger partial charge in [-0.1, -0.05) is 31.2 Å². The molecule has 1 aromatic carbocycles. The first-order valence-corrected chi connectivity index (χ1v) is 8.19. The normalized spacial score (nSPS) is 15.3. The molecule has 0 radical (unpaired) electrons. The molecule has 0 atom stereocenters. The van der Waals surface area contributed by atoms with Crippen LogP contribution >= 0.6 is 11.8 Å². The van der Waals surface area contributed by atoms with Crippen molar-refractivity contribution < 1.29 is 8.42 Å². The second-order valence-electron chi connectivity index (χ2n) is 4.01. The van der Waals surface area contributed by atoms with Crippen molar-refractivity contribution >= 4 is 33.0 Å². The lowest BCUT2D eigenvalue weighted by atomic mass is 10.1. The second kappa shape index (κ2) is 5.29. The van der Waals surface area contributed by atoms with Crippen LogP contribution in [0.4, 0.5) is 5.69 Å². The van der Waals surface area contributed by atoms with Crippen LogP contribution in [0.3, 0.4) is 0 Å². The van der Waals surface area contributed by atoms with Crippen molar-refractivity contribution in [1.82, 2.24) is 0 Å². The standard InChI is InChI=1S/C11H15N3O2S2/c1-2-3-9-4-5-11(18(12,15)16)10(6-9)14-8-17-7-13-14/h4-7H,2-3,8H2,1H3,(H2,12,15,16). The maximum absolute atomic E-state index is 11.6. The maximum atomic E-state index is 11.6. The van der Waals surface area contributed by atoms with Crippen molar-refractivity contribution in [2.75, 3.05) is 10.9 Å². The molecule has 1 aromatic rings. The smallest absolute Gasteiger partial charge is 0.240 e. The predicted octanol–water partition coefficient (Wildman–Crippen LogP) is 1.74. The summed E-state index contributed by atoms with van der Waals surface area (Å²) in [7, 11) is -3.73. The van der Waals surface area contributed by atoms with E-state index in [9.17, 15) is 8.42 Å². The maximum Gasteiger partial charge on any atom is 0.240 e. The monoisotopic (exact) mass is 285 g/mol. The largest absolute Gasteiger partial charge is 0.253 e. The van der Waals surface area contributed by atoms with Gasteiger partial charge in [-0.25, -0.2) is 13.6 Å². The van der Waals surface area contributed by atoms with Gasteiger partial charge in [-0.15, -0.1) is 0 Å². The summed E-state index contributed by atoms with van der Waals surface area (Å²) < 4.78 is 23.1. The van der Waals surface area contributed by atoms with Gasteiger partial charge in [-0.2, -0.15) is 5.10 Å². The van der Waals surface area contributed by atoms with Crippen LogP contribution in [0.25, 0.3) is 0 Å². The molecule has 1 aliphatic heterocycles. The Bertz CT molecular complexity index is 570. The predicted molar refractivity (Wildman–Crippen MR) is 75.2 cm³/mol. The summed E-state index contributed by atoms with van der Waals surface area (Å²) in [6, 6.07) is 5.22. The number of hydrogen-bond acceptors (Lipinski definition) is 5. The van der Waals surface area contributed by atoms with E-state index in [-0.39, 0.29) is 4.90 Å². The van der Waals surface area contributed by atoms with Crippen LogP contribution in [0.5, 0.6) is 0 Å². The van der Waals surface area contributed by atoms with Crippen molar-refractivity contribution in [3.8, 4) is 0 Å². The number of aryl methyl sites for hydroxylation is 1. The summed E-state index contributed by atoms with van der Waals surface area (Å²) in [4.78, 5) is 0.127. The molecule has 2 rings (SSSR count). The fourth-order valence-corrected chi connectivity index (χ4v) is 3.12. The Kier molecular flexibility index (Phi) is 3.94. The highest BCUT2D eigenvalue weighted by atomic mass is 32.2. The van der Waals surface area contributed by atoms with Crippen molar-refractivity contribution in [3.63, 3.8) is 0 Å². The quantitative estimate of drug-likeness (QED) is 0.914. The van der Waals surface area contributed by atoms with E-state index in [4.69, 9.17) is 5.14 Å². The lowest BCUT2D eigenvalue weighted by Crippen LogP contribution is -2.19. The molecule has 0 fully saturated rings. The molecule has 0 amide bonds. The van der Waals surface area contributed by atoms with E-state index in [1.54, 1.807) is 22.7 Å². The number of rotatable bonds is 4. The third-order valence-corrected chi connectivity index (χ3v) is 4.20. The van der Waals surface area contributed by atoms with E-state index in [1.807, 2.05) is 6.07 Å². The molecule has 0 aromatic heterocycles. The number of hydrazone groups is 1. The van der Waals surface area contributed by atoms with Gasteiger partial charge in [0.1, 0.15) is 4.90 Å². The van der Waals surface area contributed by atoms with Gasteiger partial charge in [-0.05, 0) is 24.1 Å². The molecule has 18 heavy (non-hydrogen) atoms. The van der Waals surface area contributed by atoms with Crippen LogP contribution in [0.15, 0.2) is 28.2 Å². The molecule has 1 heterocycles. The Hall–Kier alpha value is -1.05. The minimum absolute atomic E-state index is 0.127. The Morgan fingerprint density at radius 3 is 2.83 bits per heavy atom. The Balaban J connectivity index is 2.49. The second-order valence-corrected chi connectivity index (χ2v) is 6.35. The number of hydrogen-bond donors (Lipinski definition) is 1. The van der Waals surface area contributed by atoms with E-state index in [2.05, 4.69) is 12.0 Å². The van der Waals surface area contributed by atoms with Crippen LogP contribution < -0.4 is 10.1 Å². The van der Waals surface area contributed by atoms with E-state index >= 15 is 0 Å². The van der Waals surface area contributed by atoms with Crippen molar-refractivity contribution in [2.24, 2.45) is 10.2 Å². The van der Waals surface area contributed by atoms with E-state index in [0.29, 0.717) is 11.6 Å². The number of primary sulfonamides is 1. The van der Waals surface area contributed by atoms with E-state index in [0.717, 1.165) is 18.4 Å². The van der Waals surface area contributed by atoms with E-state index in [1.165, 1.54) is 11.8 Å². The average molecular weight is 285 g/mol. The van der Waals surface area contributed by atoms with Gasteiger partial charge in [0.2, 0.25) is 10.0 Å². The van der Waals surface area contributed by atoms with Crippen molar-refractivity contribution in [2.45, 2.75) is 24.7 Å². The SMILES string of the molecule is CCCc1ccc(S(N)(=O)=O)c(N2CSC=N2)c1. The number of anilines is 1. The molecule has 2 N–H and O–H groups in total. The first kappa shape index (κ1) is 13.4. The van der Waals surface area contributed by atoms with Crippen LogP contribution in [0.2, 0.25) is 0 Å². The molecule has 98 valence electrons. The molecule has 7 heteroatoms. The van der Waals surface area contributed by atoms with Gasteiger partial charge in [-0.3, -0.25) is 5.01 Å². The van der Waals surface area contributed by atoms with Gasteiger partial charge in [0, 0.05) is 0 Å². The van der Waals surface area contributed by atoms with Gasteiger partial charge >= 0.3 is 0 Å². The van der Waals surface area contributed by atoms with Crippen LogP contribution in [0, 0.1) is 0 Å². The summed E-state index contributed by atoms with van der Waals surface area (Å²) >= 11 is 1.51.